The van der Waals surface area contributed by atoms with Gasteiger partial charge in [-0.15, -0.1) is 11.8 Å². The molecule has 2 atom stereocenters. The quantitative estimate of drug-likeness (QED) is 0.672. The minimum Gasteiger partial charge on any atom is -0.497 e. The molecule has 4 rings (SSSR count). The highest BCUT2D eigenvalue weighted by atomic mass is 32.2. The summed E-state index contributed by atoms with van der Waals surface area (Å²) in [5.74, 6) is 0.797. The first-order valence-corrected chi connectivity index (χ1v) is 10.7. The number of aromatic amines is 1. The maximum Gasteiger partial charge on any atom is 0.305 e. The Morgan fingerprint density at radius 3 is 2.75 bits per heavy atom. The molecule has 0 saturated carbocycles. The molecule has 5 nitrogen and oxygen atoms in total. The number of ether oxygens (including phenoxy) is 1. The summed E-state index contributed by atoms with van der Waals surface area (Å²) in [6.07, 6.45) is 0. The van der Waals surface area contributed by atoms with Gasteiger partial charge in [0.05, 0.1) is 18.1 Å². The van der Waals surface area contributed by atoms with Crippen molar-refractivity contribution in [1.29, 1.82) is 0 Å². The van der Waals surface area contributed by atoms with Gasteiger partial charge in [0.2, 0.25) is 5.91 Å². The lowest BCUT2D eigenvalue weighted by Crippen LogP contribution is -2.32. The number of aromatic nitrogens is 1. The predicted octanol–water partition coefficient (Wildman–Crippen LogP) is 4.25. The molecule has 0 aliphatic carbocycles. The normalized spacial score (nSPS) is 18.4. The fourth-order valence-electron chi connectivity index (χ4n) is 3.41. The van der Waals surface area contributed by atoms with E-state index in [1.54, 1.807) is 7.11 Å². The van der Waals surface area contributed by atoms with Gasteiger partial charge >= 0.3 is 4.87 Å². The zero-order valence-corrected chi connectivity index (χ0v) is 17.2. The van der Waals surface area contributed by atoms with Crippen LogP contribution < -0.4 is 14.9 Å². The average molecular weight is 413 g/mol. The van der Waals surface area contributed by atoms with Crippen LogP contribution in [0.1, 0.15) is 21.9 Å². The average Bonchev–Trinajstić information content (AvgIpc) is 3.09. The third-order valence-corrected chi connectivity index (χ3v) is 7.07. The zero-order valence-electron chi connectivity index (χ0n) is 15.5. The number of hydrogen-bond donors (Lipinski definition) is 2. The second kappa shape index (κ2) is 7.85. The van der Waals surface area contributed by atoms with Crippen LogP contribution in [0.15, 0.2) is 58.4 Å². The topological polar surface area (TPSA) is 71.2 Å². The van der Waals surface area contributed by atoms with Gasteiger partial charge in [0.15, 0.2) is 0 Å². The molecule has 7 heteroatoms. The Labute approximate surface area is 171 Å². The van der Waals surface area contributed by atoms with Crippen molar-refractivity contribution in [2.45, 2.75) is 17.9 Å². The number of nitrogens with one attached hydrogen (secondary N) is 2. The van der Waals surface area contributed by atoms with E-state index >= 15 is 0 Å². The maximum absolute atomic E-state index is 13.2. The van der Waals surface area contributed by atoms with E-state index in [1.807, 2.05) is 55.5 Å². The predicted molar refractivity (Wildman–Crippen MR) is 114 cm³/mol. The van der Waals surface area contributed by atoms with Gasteiger partial charge in [-0.05, 0) is 36.8 Å². The number of benzene rings is 2. The fourth-order valence-corrected chi connectivity index (χ4v) is 5.82. The molecular weight excluding hydrogens is 392 g/mol. The standard InChI is InChI=1S/C21H20N2O3S2/c1-12-6-8-14(9-7-12)22-19(24)16-11-27-20-18(28-21(25)23-20)17(16)13-4-3-5-15(10-13)26-2/h3-10,16-17H,11H2,1-2H3,(H,22,24)(H,23,25)/t16-,17-/m1/s1. The molecule has 0 fully saturated rings. The van der Waals surface area contributed by atoms with Gasteiger partial charge in [0.1, 0.15) is 5.75 Å². The van der Waals surface area contributed by atoms with Crippen LogP contribution in [0.4, 0.5) is 5.69 Å². The van der Waals surface area contributed by atoms with Crippen molar-refractivity contribution < 1.29 is 9.53 Å². The van der Waals surface area contributed by atoms with Crippen molar-refractivity contribution >= 4 is 34.7 Å². The summed E-state index contributed by atoms with van der Waals surface area (Å²) in [6, 6.07) is 15.5. The van der Waals surface area contributed by atoms with E-state index in [0.717, 1.165) is 32.5 Å². The van der Waals surface area contributed by atoms with E-state index in [0.29, 0.717) is 5.75 Å². The molecule has 2 heterocycles. The lowest BCUT2D eigenvalue weighted by molar-refractivity contribution is -0.119. The highest BCUT2D eigenvalue weighted by Crippen LogP contribution is 2.46. The number of H-pyrrole nitrogens is 1. The Bertz CT molecular complexity index is 1060. The number of rotatable bonds is 4. The molecule has 1 aliphatic heterocycles. The number of aryl methyl sites for hydroxylation is 1. The smallest absolute Gasteiger partial charge is 0.305 e. The monoisotopic (exact) mass is 412 g/mol. The molecule has 0 saturated heterocycles. The van der Waals surface area contributed by atoms with E-state index in [1.165, 1.54) is 23.1 Å². The third kappa shape index (κ3) is 3.72. The third-order valence-electron chi connectivity index (χ3n) is 4.84. The van der Waals surface area contributed by atoms with E-state index in [9.17, 15) is 9.59 Å². The minimum atomic E-state index is -0.294. The van der Waals surface area contributed by atoms with Crippen LogP contribution >= 0.6 is 23.1 Å². The molecule has 0 spiro atoms. The Hall–Kier alpha value is -2.51. The Morgan fingerprint density at radius 2 is 2.00 bits per heavy atom. The first-order valence-electron chi connectivity index (χ1n) is 8.92. The van der Waals surface area contributed by atoms with Gasteiger partial charge in [-0.1, -0.05) is 41.2 Å². The van der Waals surface area contributed by atoms with Crippen molar-refractivity contribution in [1.82, 2.24) is 4.98 Å². The number of carbonyl (C=O) groups excluding carboxylic acids is 1. The second-order valence-electron chi connectivity index (χ2n) is 6.73. The van der Waals surface area contributed by atoms with Crippen molar-refractivity contribution in [3.8, 4) is 5.75 Å². The van der Waals surface area contributed by atoms with Crippen LogP contribution in [0.5, 0.6) is 5.75 Å². The largest absolute Gasteiger partial charge is 0.497 e. The zero-order chi connectivity index (χ0) is 19.7. The van der Waals surface area contributed by atoms with Gasteiger partial charge in [-0.3, -0.25) is 9.59 Å². The number of methoxy groups -OCH3 is 1. The van der Waals surface area contributed by atoms with Gasteiger partial charge in [0.25, 0.3) is 0 Å². The molecule has 144 valence electrons. The maximum atomic E-state index is 13.2. The molecule has 28 heavy (non-hydrogen) atoms. The Kier molecular flexibility index (Phi) is 5.28. The van der Waals surface area contributed by atoms with Crippen LogP contribution in [0.25, 0.3) is 0 Å². The number of amides is 1. The van der Waals surface area contributed by atoms with E-state index < -0.39 is 0 Å². The molecule has 3 aromatic rings. The SMILES string of the molecule is COc1cccc([C@H]2c3sc(=O)[nH]c3SC[C@H]2C(=O)Nc2ccc(C)cc2)c1. The Balaban J connectivity index is 1.71. The number of thioether (sulfide) groups is 1. The highest BCUT2D eigenvalue weighted by molar-refractivity contribution is 7.99. The first kappa shape index (κ1) is 18.8. The summed E-state index contributed by atoms with van der Waals surface area (Å²) in [5.41, 5.74) is 2.89. The molecule has 0 radical (unpaired) electrons. The van der Waals surface area contributed by atoms with Crippen molar-refractivity contribution in [2.24, 2.45) is 5.92 Å². The van der Waals surface area contributed by atoms with Gasteiger partial charge in [0, 0.05) is 22.2 Å². The summed E-state index contributed by atoms with van der Waals surface area (Å²) in [4.78, 5) is 28.9. The summed E-state index contributed by atoms with van der Waals surface area (Å²) < 4.78 is 5.37. The summed E-state index contributed by atoms with van der Waals surface area (Å²) >= 11 is 2.71. The number of fused-ring (bicyclic) bond motifs is 1. The number of carbonyl (C=O) groups is 1. The molecule has 1 amide bonds. The van der Waals surface area contributed by atoms with E-state index in [2.05, 4.69) is 10.3 Å². The molecule has 1 aromatic heterocycles. The van der Waals surface area contributed by atoms with Crippen LogP contribution in [0.2, 0.25) is 0 Å². The highest BCUT2D eigenvalue weighted by Gasteiger charge is 2.38. The van der Waals surface area contributed by atoms with Crippen LogP contribution in [0, 0.1) is 12.8 Å². The van der Waals surface area contributed by atoms with Crippen molar-refractivity contribution in [2.75, 3.05) is 18.2 Å². The van der Waals surface area contributed by atoms with Gasteiger partial charge < -0.3 is 15.0 Å². The lowest BCUT2D eigenvalue weighted by atomic mass is 9.85. The molecule has 1 aliphatic rings. The summed E-state index contributed by atoms with van der Waals surface area (Å²) in [5, 5.41) is 3.90. The Morgan fingerprint density at radius 1 is 1.21 bits per heavy atom. The lowest BCUT2D eigenvalue weighted by Gasteiger charge is -2.30. The number of anilines is 1. The fraction of sp³-hybridized carbons (Fsp3) is 0.238. The van der Waals surface area contributed by atoms with Crippen LogP contribution in [-0.4, -0.2) is 23.8 Å². The van der Waals surface area contributed by atoms with Gasteiger partial charge in [-0.2, -0.15) is 0 Å². The molecular formula is C21H20N2O3S2. The number of hydrogen-bond acceptors (Lipinski definition) is 5. The first-order chi connectivity index (χ1) is 13.5. The molecule has 0 unspecified atom stereocenters. The second-order valence-corrected chi connectivity index (χ2v) is 8.78. The minimum absolute atomic E-state index is 0.0457. The van der Waals surface area contributed by atoms with Crippen LogP contribution in [-0.2, 0) is 4.79 Å². The van der Waals surface area contributed by atoms with E-state index in [-0.39, 0.29) is 22.6 Å². The van der Waals surface area contributed by atoms with Crippen molar-refractivity contribution in [3.05, 3.63) is 74.2 Å². The van der Waals surface area contributed by atoms with Gasteiger partial charge in [-0.25, -0.2) is 0 Å². The van der Waals surface area contributed by atoms with E-state index in [4.69, 9.17) is 4.74 Å². The molecule has 0 bridgehead atoms. The summed E-state index contributed by atoms with van der Waals surface area (Å²) in [7, 11) is 1.62. The summed E-state index contributed by atoms with van der Waals surface area (Å²) in [6.45, 7) is 2.01. The number of thiazole rings is 1. The molecule has 2 N–H and O–H groups in total. The van der Waals surface area contributed by atoms with Crippen LogP contribution in [0.3, 0.4) is 0 Å². The molecule has 2 aromatic carbocycles. The van der Waals surface area contributed by atoms with Crippen molar-refractivity contribution in [3.63, 3.8) is 0 Å².